The highest BCUT2D eigenvalue weighted by molar-refractivity contribution is 5.76. The maximum Gasteiger partial charge on any atom is 0.222 e. The lowest BCUT2D eigenvalue weighted by Crippen LogP contribution is -2.61. The summed E-state index contributed by atoms with van der Waals surface area (Å²) >= 11 is 0. The Balaban J connectivity index is 1.51. The van der Waals surface area contributed by atoms with Crippen molar-refractivity contribution < 1.29 is 14.6 Å². The van der Waals surface area contributed by atoms with Gasteiger partial charge in [0, 0.05) is 43.4 Å². The van der Waals surface area contributed by atoms with Gasteiger partial charge >= 0.3 is 0 Å². The lowest BCUT2D eigenvalue weighted by molar-refractivity contribution is -0.139. The third-order valence-electron chi connectivity index (χ3n) is 9.17. The Labute approximate surface area is 242 Å². The first-order valence-corrected chi connectivity index (χ1v) is 15.4. The fraction of sp³-hybridized carbons (Fsp3) is 0.571. The number of fused-ring (bicyclic) bond motifs is 1. The molecule has 4 rings (SSSR count). The summed E-state index contributed by atoms with van der Waals surface area (Å²) in [6.45, 7) is 11.7. The number of unbranched alkanes of at least 4 members (excludes halogenated alkanes) is 2. The normalized spacial score (nSPS) is 24.9. The van der Waals surface area contributed by atoms with Gasteiger partial charge in [-0.2, -0.15) is 0 Å². The molecule has 5 nitrogen and oxygen atoms in total. The minimum atomic E-state index is -0.467. The summed E-state index contributed by atoms with van der Waals surface area (Å²) in [5.41, 5.74) is 2.40. The number of hydrogen-bond donors (Lipinski definition) is 1. The zero-order valence-corrected chi connectivity index (χ0v) is 24.9. The summed E-state index contributed by atoms with van der Waals surface area (Å²) in [7, 11) is 1.71. The number of amides is 1. The second kappa shape index (κ2) is 14.3. The molecule has 2 aromatic carbocycles. The fourth-order valence-electron chi connectivity index (χ4n) is 7.19. The highest BCUT2D eigenvalue weighted by atomic mass is 16.5. The minimum absolute atomic E-state index is 0.0302. The summed E-state index contributed by atoms with van der Waals surface area (Å²) in [4.78, 5) is 18.3. The number of carbonyl (C=O) groups excluding carboxylic acids is 1. The first-order chi connectivity index (χ1) is 19.4. The van der Waals surface area contributed by atoms with E-state index in [4.69, 9.17) is 4.74 Å². The molecule has 1 heterocycles. The van der Waals surface area contributed by atoms with Gasteiger partial charge in [-0.1, -0.05) is 68.8 Å². The first-order valence-electron chi connectivity index (χ1n) is 15.4. The Bertz CT molecular complexity index is 1090. The van der Waals surface area contributed by atoms with Crippen molar-refractivity contribution in [1.29, 1.82) is 0 Å². The number of hydrogen-bond acceptors (Lipinski definition) is 4. The van der Waals surface area contributed by atoms with Crippen LogP contribution in [0.5, 0.6) is 5.75 Å². The van der Waals surface area contributed by atoms with E-state index < -0.39 is 6.10 Å². The monoisotopic (exact) mass is 546 g/mol. The van der Waals surface area contributed by atoms with Crippen molar-refractivity contribution in [2.24, 2.45) is 11.8 Å². The van der Waals surface area contributed by atoms with Crippen LogP contribution in [-0.4, -0.2) is 66.2 Å². The Morgan fingerprint density at radius 3 is 2.70 bits per heavy atom. The van der Waals surface area contributed by atoms with E-state index in [1.165, 1.54) is 11.1 Å². The van der Waals surface area contributed by atoms with Crippen LogP contribution < -0.4 is 4.74 Å². The van der Waals surface area contributed by atoms with Crippen LogP contribution in [0, 0.1) is 11.8 Å². The molecule has 40 heavy (non-hydrogen) atoms. The van der Waals surface area contributed by atoms with Crippen molar-refractivity contribution in [2.45, 2.75) is 82.8 Å². The smallest absolute Gasteiger partial charge is 0.222 e. The molecule has 1 amide bonds. The molecule has 5 heteroatoms. The van der Waals surface area contributed by atoms with Gasteiger partial charge in [-0.15, -0.1) is 6.58 Å². The molecule has 1 saturated heterocycles. The number of piperidine rings is 1. The third kappa shape index (κ3) is 7.36. The number of benzene rings is 2. The standard InChI is InChI=1S/C35H50N2O3/c1-5-20-36-21-19-35(29-16-12-17-31(22-29)40-4)24-30(23-33(38)32(35)26-36)37(25-27(2)3)34(39)18-11-7-10-15-28-13-8-6-9-14-28/h5-6,8-9,12-14,16-17,22,27,30,32-33,38H,1,7,10-11,15,18-21,23-26H2,2-4H3/t30-,32-,33?,35-/m0/s1. The largest absolute Gasteiger partial charge is 0.497 e. The number of methoxy groups -OCH3 is 1. The molecule has 2 fully saturated rings. The first kappa shape index (κ1) is 30.3. The van der Waals surface area contributed by atoms with E-state index in [2.05, 4.69) is 78.8 Å². The molecule has 2 aromatic rings. The Morgan fingerprint density at radius 2 is 1.98 bits per heavy atom. The van der Waals surface area contributed by atoms with Gasteiger partial charge in [0.15, 0.2) is 0 Å². The van der Waals surface area contributed by atoms with Crippen LogP contribution in [0.2, 0.25) is 0 Å². The lowest BCUT2D eigenvalue weighted by Gasteiger charge is -2.56. The molecule has 4 atom stereocenters. The molecule has 1 saturated carbocycles. The molecular formula is C35H50N2O3. The van der Waals surface area contributed by atoms with E-state index in [-0.39, 0.29) is 23.3 Å². The van der Waals surface area contributed by atoms with Crippen molar-refractivity contribution in [1.82, 2.24) is 9.80 Å². The summed E-state index contributed by atoms with van der Waals surface area (Å²) < 4.78 is 5.62. The molecule has 1 aliphatic heterocycles. The van der Waals surface area contributed by atoms with Crippen LogP contribution in [0.1, 0.15) is 69.9 Å². The van der Waals surface area contributed by atoms with Crippen LogP contribution in [0.15, 0.2) is 67.3 Å². The van der Waals surface area contributed by atoms with Crippen molar-refractivity contribution in [3.8, 4) is 5.75 Å². The van der Waals surface area contributed by atoms with Gasteiger partial charge < -0.3 is 14.7 Å². The van der Waals surface area contributed by atoms with E-state index in [0.717, 1.165) is 70.5 Å². The maximum atomic E-state index is 13.8. The predicted octanol–water partition coefficient (Wildman–Crippen LogP) is 6.25. The number of aliphatic hydroxyl groups is 1. The average molecular weight is 547 g/mol. The van der Waals surface area contributed by atoms with Crippen molar-refractivity contribution in [3.05, 3.63) is 78.4 Å². The Kier molecular flexibility index (Phi) is 10.9. The zero-order valence-electron chi connectivity index (χ0n) is 24.9. The van der Waals surface area contributed by atoms with Gasteiger partial charge in [0.1, 0.15) is 5.75 Å². The number of nitrogens with zero attached hydrogens (tertiary/aromatic N) is 2. The van der Waals surface area contributed by atoms with Crippen LogP contribution in [0.25, 0.3) is 0 Å². The summed E-state index contributed by atoms with van der Waals surface area (Å²) in [5, 5.41) is 11.7. The Morgan fingerprint density at radius 1 is 1.18 bits per heavy atom. The molecule has 1 N–H and O–H groups in total. The number of likely N-dealkylation sites (tertiary alicyclic amines) is 1. The van der Waals surface area contributed by atoms with Gasteiger partial charge in [0.25, 0.3) is 0 Å². The zero-order chi connectivity index (χ0) is 28.5. The third-order valence-corrected chi connectivity index (χ3v) is 9.17. The van der Waals surface area contributed by atoms with Crippen molar-refractivity contribution in [2.75, 3.05) is 33.3 Å². The summed E-state index contributed by atoms with van der Waals surface area (Å²) in [6.07, 6.45) is 8.69. The molecule has 0 radical (unpaired) electrons. The summed E-state index contributed by atoms with van der Waals surface area (Å²) in [6, 6.07) is 19.0. The second-order valence-electron chi connectivity index (χ2n) is 12.4. The quantitative estimate of drug-likeness (QED) is 0.238. The van der Waals surface area contributed by atoms with Crippen molar-refractivity contribution >= 4 is 5.91 Å². The summed E-state index contributed by atoms with van der Waals surface area (Å²) in [5.74, 6) is 1.58. The van der Waals surface area contributed by atoms with Gasteiger partial charge in [0.05, 0.1) is 13.2 Å². The highest BCUT2D eigenvalue weighted by Crippen LogP contribution is 2.50. The maximum absolute atomic E-state index is 13.8. The average Bonchev–Trinajstić information content (AvgIpc) is 2.96. The SMILES string of the molecule is C=CCN1CC[C@@]2(c3cccc(OC)c3)C[C@@H](N(CC(C)C)C(=O)CCCCCc3ccccc3)CC(O)[C@@H]2C1. The van der Waals surface area contributed by atoms with E-state index in [9.17, 15) is 9.90 Å². The highest BCUT2D eigenvalue weighted by Gasteiger charge is 2.53. The molecule has 0 spiro atoms. The van der Waals surface area contributed by atoms with Crippen LogP contribution in [-0.2, 0) is 16.6 Å². The number of ether oxygens (including phenoxy) is 1. The van der Waals surface area contributed by atoms with Gasteiger partial charge in [-0.3, -0.25) is 9.69 Å². The topological polar surface area (TPSA) is 53.0 Å². The van der Waals surface area contributed by atoms with E-state index in [1.807, 2.05) is 12.1 Å². The molecule has 1 aliphatic carbocycles. The molecule has 1 unspecified atom stereocenters. The molecular weight excluding hydrogens is 496 g/mol. The molecule has 0 bridgehead atoms. The van der Waals surface area contributed by atoms with Gasteiger partial charge in [-0.25, -0.2) is 0 Å². The van der Waals surface area contributed by atoms with Crippen molar-refractivity contribution in [3.63, 3.8) is 0 Å². The van der Waals surface area contributed by atoms with Crippen LogP contribution in [0.4, 0.5) is 0 Å². The van der Waals surface area contributed by atoms with E-state index >= 15 is 0 Å². The van der Waals surface area contributed by atoms with Gasteiger partial charge in [0.2, 0.25) is 5.91 Å². The number of aryl methyl sites for hydroxylation is 1. The molecule has 2 aliphatic rings. The number of aliphatic hydroxyl groups excluding tert-OH is 1. The minimum Gasteiger partial charge on any atom is -0.497 e. The number of rotatable bonds is 13. The second-order valence-corrected chi connectivity index (χ2v) is 12.4. The Hall–Kier alpha value is -2.63. The predicted molar refractivity (Wildman–Crippen MR) is 164 cm³/mol. The van der Waals surface area contributed by atoms with Gasteiger partial charge in [-0.05, 0) is 74.2 Å². The molecule has 0 aromatic heterocycles. The molecule has 218 valence electrons. The lowest BCUT2D eigenvalue weighted by atomic mass is 9.56. The van der Waals surface area contributed by atoms with E-state index in [1.54, 1.807) is 7.11 Å². The van der Waals surface area contributed by atoms with Crippen LogP contribution >= 0.6 is 0 Å². The fourth-order valence-corrected chi connectivity index (χ4v) is 7.19. The van der Waals surface area contributed by atoms with Crippen LogP contribution in [0.3, 0.4) is 0 Å². The number of carbonyl (C=O) groups is 1. The van der Waals surface area contributed by atoms with E-state index in [0.29, 0.717) is 18.8 Å².